The van der Waals surface area contributed by atoms with Crippen molar-refractivity contribution in [2.75, 3.05) is 20.3 Å². The molecular formula is C16H14N4O2. The zero-order valence-electron chi connectivity index (χ0n) is 12.1. The zero-order valence-corrected chi connectivity index (χ0v) is 12.1. The van der Waals surface area contributed by atoms with Gasteiger partial charge >= 0.3 is 0 Å². The van der Waals surface area contributed by atoms with Crippen molar-refractivity contribution >= 4 is 11.3 Å². The molecule has 2 heterocycles. The van der Waals surface area contributed by atoms with Gasteiger partial charge in [-0.2, -0.15) is 0 Å². The van der Waals surface area contributed by atoms with E-state index in [1.54, 1.807) is 23.8 Å². The van der Waals surface area contributed by atoms with Crippen molar-refractivity contribution in [2.45, 2.75) is 0 Å². The number of ether oxygens (including phenoxy) is 2. The molecule has 0 aliphatic rings. The van der Waals surface area contributed by atoms with Gasteiger partial charge in [-0.3, -0.25) is 0 Å². The molecule has 22 heavy (non-hydrogen) atoms. The fourth-order valence-electron chi connectivity index (χ4n) is 2.00. The van der Waals surface area contributed by atoms with Crippen molar-refractivity contribution in [2.24, 2.45) is 0 Å². The van der Waals surface area contributed by atoms with Crippen LogP contribution >= 0.6 is 0 Å². The van der Waals surface area contributed by atoms with E-state index in [0.717, 1.165) is 11.3 Å². The Labute approximate surface area is 127 Å². The number of benzene rings is 1. The smallest absolute Gasteiger partial charge is 0.187 e. The normalized spacial score (nSPS) is 10.5. The number of pyridine rings is 1. The van der Waals surface area contributed by atoms with Crippen LogP contribution in [0.5, 0.6) is 5.75 Å². The average Bonchev–Trinajstić information content (AvgIpc) is 2.98. The lowest BCUT2D eigenvalue weighted by Crippen LogP contribution is -2.04. The highest BCUT2D eigenvalue weighted by Gasteiger charge is 2.07. The van der Waals surface area contributed by atoms with Crippen LogP contribution in [0.1, 0.15) is 0 Å². The molecule has 2 aromatic heterocycles. The van der Waals surface area contributed by atoms with Gasteiger partial charge in [0.05, 0.1) is 13.2 Å². The fourth-order valence-corrected chi connectivity index (χ4v) is 2.00. The van der Waals surface area contributed by atoms with E-state index in [1.165, 1.54) is 0 Å². The monoisotopic (exact) mass is 294 g/mol. The van der Waals surface area contributed by atoms with Crippen LogP contribution in [0, 0.1) is 6.57 Å². The van der Waals surface area contributed by atoms with E-state index in [0.29, 0.717) is 30.4 Å². The maximum absolute atomic E-state index is 6.97. The third kappa shape index (κ3) is 2.90. The van der Waals surface area contributed by atoms with Gasteiger partial charge in [-0.25, -0.2) is 14.3 Å². The molecule has 0 unspecified atom stereocenters. The molecule has 0 saturated carbocycles. The molecule has 0 aliphatic heterocycles. The third-order valence-corrected chi connectivity index (χ3v) is 3.12. The van der Waals surface area contributed by atoms with E-state index in [2.05, 4.69) is 14.9 Å². The summed E-state index contributed by atoms with van der Waals surface area (Å²) in [5, 5.41) is 4.42. The van der Waals surface area contributed by atoms with Crippen molar-refractivity contribution in [1.29, 1.82) is 0 Å². The van der Waals surface area contributed by atoms with E-state index in [1.807, 2.05) is 30.5 Å². The summed E-state index contributed by atoms with van der Waals surface area (Å²) in [6.07, 6.45) is 1.81. The first-order valence-corrected chi connectivity index (χ1v) is 6.76. The Balaban J connectivity index is 1.87. The summed E-state index contributed by atoms with van der Waals surface area (Å²) in [6, 6.07) is 10.9. The van der Waals surface area contributed by atoms with Crippen LogP contribution in [-0.2, 0) is 4.74 Å². The summed E-state index contributed by atoms with van der Waals surface area (Å²) in [5.41, 5.74) is 2.18. The molecule has 1 aromatic carbocycles. The van der Waals surface area contributed by atoms with Gasteiger partial charge in [0.2, 0.25) is 0 Å². The Morgan fingerprint density at radius 3 is 2.73 bits per heavy atom. The molecule has 3 rings (SSSR count). The number of aromatic nitrogens is 3. The molecule has 0 fully saturated rings. The molecule has 6 heteroatoms. The van der Waals surface area contributed by atoms with Gasteiger partial charge in [-0.05, 0) is 6.07 Å². The predicted molar refractivity (Wildman–Crippen MR) is 82.1 cm³/mol. The molecule has 0 bridgehead atoms. The lowest BCUT2D eigenvalue weighted by molar-refractivity contribution is 0.146. The van der Waals surface area contributed by atoms with Crippen LogP contribution < -0.4 is 4.74 Å². The zero-order chi connectivity index (χ0) is 15.4. The van der Waals surface area contributed by atoms with Gasteiger partial charge in [0.25, 0.3) is 0 Å². The van der Waals surface area contributed by atoms with E-state index in [-0.39, 0.29) is 0 Å². The van der Waals surface area contributed by atoms with Gasteiger partial charge < -0.3 is 9.47 Å². The summed E-state index contributed by atoms with van der Waals surface area (Å²) in [4.78, 5) is 7.86. The molecule has 0 spiro atoms. The first kappa shape index (κ1) is 14.0. The highest BCUT2D eigenvalue weighted by atomic mass is 16.5. The maximum atomic E-state index is 6.97. The Hall–Kier alpha value is -2.91. The Morgan fingerprint density at radius 1 is 1.18 bits per heavy atom. The molecule has 0 N–H and O–H groups in total. The number of rotatable bonds is 5. The Morgan fingerprint density at radius 2 is 2.00 bits per heavy atom. The van der Waals surface area contributed by atoms with Crippen LogP contribution in [0.3, 0.4) is 0 Å². The SMILES string of the molecule is [C-]#[N+]c1ccc(-c2nc3cc(OCCOC)ccn3n2)cc1. The third-order valence-electron chi connectivity index (χ3n) is 3.12. The minimum Gasteiger partial charge on any atom is -0.491 e. The maximum Gasteiger partial charge on any atom is 0.187 e. The molecule has 6 nitrogen and oxygen atoms in total. The highest BCUT2D eigenvalue weighted by Crippen LogP contribution is 2.21. The largest absolute Gasteiger partial charge is 0.491 e. The molecule has 0 amide bonds. The van der Waals surface area contributed by atoms with Crippen molar-refractivity contribution in [3.05, 3.63) is 54.0 Å². The van der Waals surface area contributed by atoms with Crippen LogP contribution in [0.4, 0.5) is 5.69 Å². The predicted octanol–water partition coefficient (Wildman–Crippen LogP) is 2.97. The molecule has 3 aromatic rings. The van der Waals surface area contributed by atoms with Gasteiger partial charge in [-0.1, -0.05) is 24.3 Å². The van der Waals surface area contributed by atoms with E-state index >= 15 is 0 Å². The summed E-state index contributed by atoms with van der Waals surface area (Å²) in [6.45, 7) is 8.00. The quantitative estimate of drug-likeness (QED) is 0.536. The first-order valence-electron chi connectivity index (χ1n) is 6.76. The second kappa shape index (κ2) is 6.24. The first-order chi connectivity index (χ1) is 10.8. The van der Waals surface area contributed by atoms with E-state index in [4.69, 9.17) is 16.0 Å². The number of hydrogen-bond acceptors (Lipinski definition) is 4. The Bertz CT molecular complexity index is 818. The van der Waals surface area contributed by atoms with Crippen LogP contribution in [0.25, 0.3) is 21.9 Å². The summed E-state index contributed by atoms with van der Waals surface area (Å²) in [7, 11) is 1.64. The lowest BCUT2D eigenvalue weighted by Gasteiger charge is -2.04. The number of methoxy groups -OCH3 is 1. The van der Waals surface area contributed by atoms with Crippen LogP contribution in [-0.4, -0.2) is 34.9 Å². The van der Waals surface area contributed by atoms with E-state index in [9.17, 15) is 0 Å². The van der Waals surface area contributed by atoms with Gasteiger partial charge in [0, 0.05) is 24.9 Å². The van der Waals surface area contributed by atoms with Crippen LogP contribution in [0.15, 0.2) is 42.6 Å². The summed E-state index contributed by atoms with van der Waals surface area (Å²) >= 11 is 0. The molecular weight excluding hydrogens is 280 g/mol. The van der Waals surface area contributed by atoms with Gasteiger partial charge in [0.1, 0.15) is 12.4 Å². The number of fused-ring (bicyclic) bond motifs is 1. The second-order valence-corrected chi connectivity index (χ2v) is 4.60. The van der Waals surface area contributed by atoms with E-state index < -0.39 is 0 Å². The highest BCUT2D eigenvalue weighted by molar-refractivity contribution is 5.62. The summed E-state index contributed by atoms with van der Waals surface area (Å²) < 4.78 is 12.2. The second-order valence-electron chi connectivity index (χ2n) is 4.60. The van der Waals surface area contributed by atoms with Crippen molar-refractivity contribution in [3.63, 3.8) is 0 Å². The van der Waals surface area contributed by atoms with Crippen molar-refractivity contribution in [3.8, 4) is 17.1 Å². The lowest BCUT2D eigenvalue weighted by atomic mass is 10.2. The average molecular weight is 294 g/mol. The summed E-state index contributed by atoms with van der Waals surface area (Å²) in [5.74, 6) is 1.34. The van der Waals surface area contributed by atoms with Crippen molar-refractivity contribution in [1.82, 2.24) is 14.6 Å². The topological polar surface area (TPSA) is 53.0 Å². The molecule has 0 aliphatic carbocycles. The van der Waals surface area contributed by atoms with Gasteiger partial charge in [-0.15, -0.1) is 5.10 Å². The van der Waals surface area contributed by atoms with Crippen LogP contribution in [0.2, 0.25) is 0 Å². The number of nitrogens with zero attached hydrogens (tertiary/aromatic N) is 4. The fraction of sp³-hybridized carbons (Fsp3) is 0.188. The molecule has 0 radical (unpaired) electrons. The van der Waals surface area contributed by atoms with Gasteiger partial charge in [0.15, 0.2) is 17.2 Å². The van der Waals surface area contributed by atoms with Crippen molar-refractivity contribution < 1.29 is 9.47 Å². The molecule has 0 atom stereocenters. The minimum atomic E-state index is 0.492. The molecule has 110 valence electrons. The number of hydrogen-bond donors (Lipinski definition) is 0. The minimum absolute atomic E-state index is 0.492. The Kier molecular flexibility index (Phi) is 3.99. The molecule has 0 saturated heterocycles. The standard InChI is InChI=1S/C16H14N4O2/c1-17-13-5-3-12(4-6-13)16-18-15-11-14(22-10-9-21-2)7-8-20(15)19-16/h3-8,11H,9-10H2,2H3.